The number of anilines is 1. The van der Waals surface area contributed by atoms with Crippen molar-refractivity contribution in [2.75, 3.05) is 36.5 Å². The Hall–Kier alpha value is -1.95. The highest BCUT2D eigenvalue weighted by molar-refractivity contribution is 8.39. The summed E-state index contributed by atoms with van der Waals surface area (Å²) in [6.07, 6.45) is -4.18. The van der Waals surface area contributed by atoms with E-state index in [1.807, 2.05) is 0 Å². The first-order chi connectivity index (χ1) is 12.8. The lowest BCUT2D eigenvalue weighted by Crippen LogP contribution is -2.27. The Bertz CT molecular complexity index is 729. The number of aliphatic imine (C=N–C) groups is 1. The van der Waals surface area contributed by atoms with Crippen molar-refractivity contribution in [1.29, 1.82) is 0 Å². The molecule has 1 aliphatic heterocycles. The minimum absolute atomic E-state index is 0.00570. The molecule has 0 aliphatic carbocycles. The van der Waals surface area contributed by atoms with E-state index in [4.69, 9.17) is 0 Å². The minimum Gasteiger partial charge on any atom is -0.379 e. The zero-order valence-corrected chi connectivity index (χ0v) is 15.7. The number of benzene rings is 1. The second-order valence-corrected chi connectivity index (χ2v) is 7.71. The Labute approximate surface area is 161 Å². The summed E-state index contributed by atoms with van der Waals surface area (Å²) in [6, 6.07) is 2.33. The van der Waals surface area contributed by atoms with Gasteiger partial charge in [0.15, 0.2) is 0 Å². The number of carbonyl (C=O) groups is 1. The van der Waals surface area contributed by atoms with Crippen LogP contribution in [0.25, 0.3) is 0 Å². The standard InChI is InChI=1S/C15H17F3N4O3S2/c16-15(17,18)10-2-3-11(12(8-10)22(24)25)19-4-1-5-20-13(23)9-27-14-21-6-7-26-14/h2-3,8,19H,1,4-7,9H2,(H,20,23). The fourth-order valence-electron chi connectivity index (χ4n) is 2.13. The Morgan fingerprint density at radius 1 is 1.37 bits per heavy atom. The maximum absolute atomic E-state index is 12.7. The molecule has 0 radical (unpaired) electrons. The number of hydrogen-bond donors (Lipinski definition) is 2. The van der Waals surface area contributed by atoms with E-state index < -0.39 is 22.4 Å². The topological polar surface area (TPSA) is 96.6 Å². The minimum atomic E-state index is -4.64. The summed E-state index contributed by atoms with van der Waals surface area (Å²) in [4.78, 5) is 26.0. The van der Waals surface area contributed by atoms with Crippen LogP contribution in [0.1, 0.15) is 12.0 Å². The molecule has 12 heteroatoms. The maximum atomic E-state index is 12.7. The van der Waals surface area contributed by atoms with Crippen LogP contribution in [0.5, 0.6) is 0 Å². The lowest BCUT2D eigenvalue weighted by molar-refractivity contribution is -0.384. The first-order valence-electron chi connectivity index (χ1n) is 7.93. The Morgan fingerprint density at radius 3 is 2.78 bits per heavy atom. The molecule has 1 amide bonds. The number of nitrogens with zero attached hydrogens (tertiary/aromatic N) is 2. The van der Waals surface area contributed by atoms with Gasteiger partial charge in [-0.1, -0.05) is 23.5 Å². The third kappa shape index (κ3) is 6.94. The van der Waals surface area contributed by atoms with Gasteiger partial charge in [0.2, 0.25) is 5.91 Å². The van der Waals surface area contributed by atoms with E-state index in [0.29, 0.717) is 19.0 Å². The van der Waals surface area contributed by atoms with E-state index >= 15 is 0 Å². The highest BCUT2D eigenvalue weighted by Gasteiger charge is 2.32. The predicted molar refractivity (Wildman–Crippen MR) is 101 cm³/mol. The third-order valence-corrected chi connectivity index (χ3v) is 5.65. The lowest BCUT2D eigenvalue weighted by atomic mass is 10.1. The number of halogens is 3. The second-order valence-electron chi connectivity index (χ2n) is 5.40. The van der Waals surface area contributed by atoms with Crippen LogP contribution in [0.15, 0.2) is 23.2 Å². The Morgan fingerprint density at radius 2 is 2.15 bits per heavy atom. The van der Waals surface area contributed by atoms with Crippen LogP contribution in [-0.2, 0) is 11.0 Å². The molecule has 0 bridgehead atoms. The molecule has 2 N–H and O–H groups in total. The molecule has 1 heterocycles. The van der Waals surface area contributed by atoms with Crippen molar-refractivity contribution in [2.45, 2.75) is 12.6 Å². The summed E-state index contributed by atoms with van der Waals surface area (Å²) in [5.74, 6) is 1.06. The van der Waals surface area contributed by atoms with Gasteiger partial charge in [-0.05, 0) is 18.6 Å². The largest absolute Gasteiger partial charge is 0.416 e. The summed E-state index contributed by atoms with van der Waals surface area (Å²) in [5.41, 5.74) is -1.71. The zero-order valence-electron chi connectivity index (χ0n) is 14.0. The van der Waals surface area contributed by atoms with E-state index in [0.717, 1.165) is 28.8 Å². The number of hydrogen-bond acceptors (Lipinski definition) is 7. The van der Waals surface area contributed by atoms with E-state index in [-0.39, 0.29) is 23.9 Å². The molecule has 27 heavy (non-hydrogen) atoms. The highest BCUT2D eigenvalue weighted by atomic mass is 32.2. The second kappa shape index (κ2) is 9.83. The lowest BCUT2D eigenvalue weighted by Gasteiger charge is -2.11. The summed E-state index contributed by atoms with van der Waals surface area (Å²) in [7, 11) is 0. The van der Waals surface area contributed by atoms with Gasteiger partial charge in [-0.15, -0.1) is 0 Å². The van der Waals surface area contributed by atoms with Crippen molar-refractivity contribution >= 4 is 45.2 Å². The van der Waals surface area contributed by atoms with Gasteiger partial charge in [0.25, 0.3) is 5.69 Å². The number of nitro benzene ring substituents is 1. The number of carbonyl (C=O) groups excluding carboxylic acids is 1. The van der Waals surface area contributed by atoms with Gasteiger partial charge < -0.3 is 10.6 Å². The fraction of sp³-hybridized carbons (Fsp3) is 0.467. The van der Waals surface area contributed by atoms with E-state index in [1.165, 1.54) is 11.8 Å². The molecule has 0 aromatic heterocycles. The van der Waals surface area contributed by atoms with Gasteiger partial charge in [-0.25, -0.2) is 0 Å². The molecule has 1 aliphatic rings. The first-order valence-corrected chi connectivity index (χ1v) is 9.91. The average molecular weight is 422 g/mol. The molecule has 1 aromatic carbocycles. The number of nitrogens with one attached hydrogen (secondary N) is 2. The highest BCUT2D eigenvalue weighted by Crippen LogP contribution is 2.34. The molecule has 0 fully saturated rings. The van der Waals surface area contributed by atoms with Crippen molar-refractivity contribution in [2.24, 2.45) is 4.99 Å². The van der Waals surface area contributed by atoms with Crippen LogP contribution >= 0.6 is 23.5 Å². The molecule has 7 nitrogen and oxygen atoms in total. The summed E-state index contributed by atoms with van der Waals surface area (Å²) >= 11 is 3.00. The van der Waals surface area contributed by atoms with Gasteiger partial charge in [0.1, 0.15) is 10.1 Å². The average Bonchev–Trinajstić information content (AvgIpc) is 3.12. The number of amides is 1. The molecule has 0 saturated carbocycles. The maximum Gasteiger partial charge on any atom is 0.416 e. The van der Waals surface area contributed by atoms with Gasteiger partial charge in [-0.3, -0.25) is 19.9 Å². The van der Waals surface area contributed by atoms with Crippen LogP contribution in [0, 0.1) is 10.1 Å². The molecule has 1 aromatic rings. The van der Waals surface area contributed by atoms with Gasteiger partial charge >= 0.3 is 6.18 Å². The van der Waals surface area contributed by atoms with Crippen molar-refractivity contribution in [3.8, 4) is 0 Å². The smallest absolute Gasteiger partial charge is 0.379 e. The molecular formula is C15H17F3N4O3S2. The summed E-state index contributed by atoms with van der Waals surface area (Å²) < 4.78 is 38.9. The third-order valence-electron chi connectivity index (χ3n) is 3.40. The van der Waals surface area contributed by atoms with Crippen molar-refractivity contribution in [1.82, 2.24) is 5.32 Å². The quantitative estimate of drug-likeness (QED) is 0.379. The van der Waals surface area contributed by atoms with Gasteiger partial charge in [0, 0.05) is 24.9 Å². The SMILES string of the molecule is O=C(CSC1=NCCS1)NCCCNc1ccc(C(F)(F)F)cc1[N+](=O)[O-]. The normalized spacial score (nSPS) is 14.0. The van der Waals surface area contributed by atoms with Crippen molar-refractivity contribution < 1.29 is 22.9 Å². The van der Waals surface area contributed by atoms with E-state index in [9.17, 15) is 28.1 Å². The number of rotatable bonds is 8. The van der Waals surface area contributed by atoms with Crippen LogP contribution in [0.4, 0.5) is 24.5 Å². The zero-order chi connectivity index (χ0) is 19.9. The Kier molecular flexibility index (Phi) is 7.78. The summed E-state index contributed by atoms with van der Waals surface area (Å²) in [6.45, 7) is 1.39. The first kappa shape index (κ1) is 21.4. The van der Waals surface area contributed by atoms with Crippen molar-refractivity contribution in [3.63, 3.8) is 0 Å². The molecular weight excluding hydrogens is 405 g/mol. The van der Waals surface area contributed by atoms with Gasteiger partial charge in [0.05, 0.1) is 22.8 Å². The Balaban J connectivity index is 1.74. The predicted octanol–water partition coefficient (Wildman–Crippen LogP) is 3.37. The van der Waals surface area contributed by atoms with E-state index in [2.05, 4.69) is 15.6 Å². The van der Waals surface area contributed by atoms with Crippen LogP contribution < -0.4 is 10.6 Å². The van der Waals surface area contributed by atoms with E-state index in [1.54, 1.807) is 11.8 Å². The van der Waals surface area contributed by atoms with Crippen LogP contribution in [0.2, 0.25) is 0 Å². The molecule has 0 spiro atoms. The number of alkyl halides is 3. The fourth-order valence-corrected chi connectivity index (χ4v) is 3.97. The molecule has 148 valence electrons. The molecule has 0 unspecified atom stereocenters. The number of nitro groups is 1. The van der Waals surface area contributed by atoms with Gasteiger partial charge in [-0.2, -0.15) is 13.2 Å². The molecule has 0 saturated heterocycles. The monoisotopic (exact) mass is 422 g/mol. The molecule has 0 atom stereocenters. The molecule has 2 rings (SSSR count). The summed E-state index contributed by atoms with van der Waals surface area (Å²) in [5, 5.41) is 16.4. The van der Waals surface area contributed by atoms with Crippen LogP contribution in [-0.4, -0.2) is 46.3 Å². The van der Waals surface area contributed by atoms with Crippen LogP contribution in [0.3, 0.4) is 0 Å². The van der Waals surface area contributed by atoms with Crippen molar-refractivity contribution in [3.05, 3.63) is 33.9 Å². The number of thioether (sulfide) groups is 2.